The summed E-state index contributed by atoms with van der Waals surface area (Å²) in [5.74, 6) is -0.548. The van der Waals surface area contributed by atoms with Crippen molar-refractivity contribution in [3.63, 3.8) is 0 Å². The van der Waals surface area contributed by atoms with Gasteiger partial charge in [0.1, 0.15) is 0 Å². The number of rotatable bonds is 6. The zero-order valence-electron chi connectivity index (χ0n) is 17.9. The zero-order chi connectivity index (χ0) is 23.4. The summed E-state index contributed by atoms with van der Waals surface area (Å²) < 4.78 is 1.37. The van der Waals surface area contributed by atoms with Crippen LogP contribution in [0, 0.1) is 6.92 Å². The van der Waals surface area contributed by atoms with Gasteiger partial charge in [0, 0.05) is 29.9 Å². The number of aromatic amines is 1. The van der Waals surface area contributed by atoms with Gasteiger partial charge in [-0.1, -0.05) is 36.4 Å². The summed E-state index contributed by atoms with van der Waals surface area (Å²) in [6.45, 7) is 1.95. The van der Waals surface area contributed by atoms with Gasteiger partial charge in [-0.3, -0.25) is 23.9 Å². The number of aryl methyl sites for hydroxylation is 2. The van der Waals surface area contributed by atoms with Gasteiger partial charge in [0.05, 0.1) is 10.9 Å². The third kappa shape index (κ3) is 4.90. The Balaban J connectivity index is 1.47. The van der Waals surface area contributed by atoms with E-state index in [1.807, 2.05) is 13.0 Å². The first-order valence-electron chi connectivity index (χ1n) is 10.4. The van der Waals surface area contributed by atoms with Crippen molar-refractivity contribution in [1.82, 2.24) is 9.55 Å². The molecule has 0 spiro atoms. The second kappa shape index (κ2) is 9.35. The second-order valence-electron chi connectivity index (χ2n) is 7.58. The van der Waals surface area contributed by atoms with Crippen molar-refractivity contribution in [3.05, 3.63) is 105 Å². The molecule has 0 fully saturated rings. The molecule has 0 radical (unpaired) electrons. The summed E-state index contributed by atoms with van der Waals surface area (Å²) in [6, 6.07) is 20.8. The number of fused-ring (bicyclic) bond motifs is 1. The van der Waals surface area contributed by atoms with Crippen LogP contribution in [0.15, 0.2) is 82.4 Å². The van der Waals surface area contributed by atoms with Crippen molar-refractivity contribution in [2.24, 2.45) is 0 Å². The van der Waals surface area contributed by atoms with Crippen molar-refractivity contribution >= 4 is 34.1 Å². The van der Waals surface area contributed by atoms with Crippen LogP contribution in [0.2, 0.25) is 0 Å². The Morgan fingerprint density at radius 2 is 1.64 bits per heavy atom. The van der Waals surface area contributed by atoms with Gasteiger partial charge in [0.25, 0.3) is 11.5 Å². The van der Waals surface area contributed by atoms with Crippen LogP contribution in [0.4, 0.5) is 11.4 Å². The number of benzene rings is 3. The lowest BCUT2D eigenvalue weighted by atomic mass is 10.1. The number of hydrogen-bond acceptors (Lipinski definition) is 4. The summed E-state index contributed by atoms with van der Waals surface area (Å²) in [5, 5.41) is 6.04. The molecule has 0 saturated heterocycles. The number of carbonyl (C=O) groups excluding carboxylic acids is 2. The molecule has 166 valence electrons. The van der Waals surface area contributed by atoms with Crippen molar-refractivity contribution < 1.29 is 9.59 Å². The fraction of sp³-hybridized carbons (Fsp3) is 0.120. The lowest BCUT2D eigenvalue weighted by Crippen LogP contribution is -2.31. The molecule has 1 aromatic heterocycles. The van der Waals surface area contributed by atoms with Crippen molar-refractivity contribution in [2.45, 2.75) is 19.9 Å². The molecule has 1 heterocycles. The molecule has 4 aromatic rings. The first kappa shape index (κ1) is 21.8. The van der Waals surface area contributed by atoms with Crippen LogP contribution in [0.3, 0.4) is 0 Å². The van der Waals surface area contributed by atoms with E-state index in [1.54, 1.807) is 66.7 Å². The predicted molar refractivity (Wildman–Crippen MR) is 128 cm³/mol. The maximum Gasteiger partial charge on any atom is 0.328 e. The minimum atomic E-state index is -0.562. The van der Waals surface area contributed by atoms with E-state index in [0.29, 0.717) is 27.8 Å². The molecule has 8 heteroatoms. The quantitative estimate of drug-likeness (QED) is 0.425. The Morgan fingerprint density at radius 1 is 0.909 bits per heavy atom. The monoisotopic (exact) mass is 442 g/mol. The van der Waals surface area contributed by atoms with Gasteiger partial charge in [-0.2, -0.15) is 0 Å². The number of hydrogen-bond donors (Lipinski definition) is 3. The lowest BCUT2D eigenvalue weighted by Gasteiger charge is -2.13. The largest absolute Gasteiger partial charge is 0.328 e. The first-order valence-corrected chi connectivity index (χ1v) is 10.4. The highest BCUT2D eigenvalue weighted by atomic mass is 16.2. The zero-order valence-corrected chi connectivity index (χ0v) is 17.9. The number of nitrogens with one attached hydrogen (secondary N) is 3. The van der Waals surface area contributed by atoms with E-state index < -0.39 is 11.2 Å². The molecule has 0 atom stereocenters. The SMILES string of the molecule is Cc1ccc(NC(=O)c2ccccc2)cc1NC(=O)CCn1c(=O)[nH]c(=O)c2ccccc21. The number of aromatic nitrogens is 2. The normalized spacial score (nSPS) is 10.7. The van der Waals surface area contributed by atoms with E-state index >= 15 is 0 Å². The molecular weight excluding hydrogens is 420 g/mol. The topological polar surface area (TPSA) is 113 Å². The Morgan fingerprint density at radius 3 is 2.42 bits per heavy atom. The summed E-state index contributed by atoms with van der Waals surface area (Å²) in [5.41, 5.74) is 1.92. The van der Waals surface area contributed by atoms with Gasteiger partial charge >= 0.3 is 5.69 Å². The summed E-state index contributed by atoms with van der Waals surface area (Å²) in [7, 11) is 0. The van der Waals surface area contributed by atoms with Crippen LogP contribution in [0.25, 0.3) is 10.9 Å². The van der Waals surface area contributed by atoms with E-state index in [2.05, 4.69) is 15.6 Å². The number of carbonyl (C=O) groups is 2. The molecule has 0 aliphatic rings. The molecule has 3 N–H and O–H groups in total. The Kier molecular flexibility index (Phi) is 6.17. The molecule has 0 unspecified atom stereocenters. The van der Waals surface area contributed by atoms with Gasteiger partial charge in [-0.15, -0.1) is 0 Å². The Hall–Kier alpha value is -4.46. The Labute approximate surface area is 188 Å². The van der Waals surface area contributed by atoms with Crippen molar-refractivity contribution in [3.8, 4) is 0 Å². The van der Waals surface area contributed by atoms with E-state index in [9.17, 15) is 19.2 Å². The highest BCUT2D eigenvalue weighted by molar-refractivity contribution is 6.04. The average Bonchev–Trinajstić information content (AvgIpc) is 2.81. The predicted octanol–water partition coefficient (Wildman–Crippen LogP) is 3.28. The van der Waals surface area contributed by atoms with E-state index in [1.165, 1.54) is 4.57 Å². The third-order valence-electron chi connectivity index (χ3n) is 5.27. The molecule has 0 aliphatic carbocycles. The summed E-state index contributed by atoms with van der Waals surface area (Å²) in [6.07, 6.45) is 0.0238. The molecular formula is C25H22N4O4. The van der Waals surface area contributed by atoms with Gasteiger partial charge in [-0.25, -0.2) is 4.79 Å². The van der Waals surface area contributed by atoms with Crippen LogP contribution in [-0.2, 0) is 11.3 Å². The fourth-order valence-electron chi connectivity index (χ4n) is 3.52. The van der Waals surface area contributed by atoms with Crippen LogP contribution in [0.1, 0.15) is 22.3 Å². The molecule has 0 saturated carbocycles. The molecule has 0 bridgehead atoms. The standard InChI is InChI=1S/C25H22N4O4/c1-16-11-12-18(26-23(31)17-7-3-2-4-8-17)15-20(16)27-22(30)13-14-29-21-10-6-5-9-19(21)24(32)28-25(29)33/h2-12,15H,13-14H2,1H3,(H,26,31)(H,27,30)(H,28,32,33). The average molecular weight is 442 g/mol. The lowest BCUT2D eigenvalue weighted by molar-refractivity contribution is -0.116. The fourth-order valence-corrected chi connectivity index (χ4v) is 3.52. The molecule has 3 aromatic carbocycles. The summed E-state index contributed by atoms with van der Waals surface area (Å²) in [4.78, 5) is 51.6. The van der Waals surface area contributed by atoms with E-state index in [-0.39, 0.29) is 24.8 Å². The maximum absolute atomic E-state index is 12.6. The van der Waals surface area contributed by atoms with Gasteiger partial charge < -0.3 is 10.6 Å². The number of para-hydroxylation sites is 1. The van der Waals surface area contributed by atoms with Gasteiger partial charge in [-0.05, 0) is 48.9 Å². The molecule has 8 nitrogen and oxygen atoms in total. The van der Waals surface area contributed by atoms with Gasteiger partial charge in [0.15, 0.2) is 0 Å². The minimum absolute atomic E-state index is 0.0238. The first-order chi connectivity index (χ1) is 15.9. The maximum atomic E-state index is 12.6. The van der Waals surface area contributed by atoms with E-state index in [4.69, 9.17) is 0 Å². The minimum Gasteiger partial charge on any atom is -0.326 e. The second-order valence-corrected chi connectivity index (χ2v) is 7.58. The molecule has 0 aliphatic heterocycles. The van der Waals surface area contributed by atoms with Gasteiger partial charge in [0.2, 0.25) is 5.91 Å². The number of amides is 2. The van der Waals surface area contributed by atoms with Crippen LogP contribution < -0.4 is 21.9 Å². The highest BCUT2D eigenvalue weighted by Gasteiger charge is 2.11. The van der Waals surface area contributed by atoms with Crippen molar-refractivity contribution in [2.75, 3.05) is 10.6 Å². The van der Waals surface area contributed by atoms with Crippen LogP contribution in [-0.4, -0.2) is 21.4 Å². The molecule has 4 rings (SSSR count). The highest BCUT2D eigenvalue weighted by Crippen LogP contribution is 2.21. The Bertz CT molecular complexity index is 1450. The van der Waals surface area contributed by atoms with E-state index in [0.717, 1.165) is 5.56 Å². The smallest absolute Gasteiger partial charge is 0.326 e. The van der Waals surface area contributed by atoms with Crippen LogP contribution >= 0.6 is 0 Å². The number of H-pyrrole nitrogens is 1. The summed E-state index contributed by atoms with van der Waals surface area (Å²) >= 11 is 0. The molecule has 2 amide bonds. The number of nitrogens with zero attached hydrogens (tertiary/aromatic N) is 1. The van der Waals surface area contributed by atoms with Crippen LogP contribution in [0.5, 0.6) is 0 Å². The third-order valence-corrected chi connectivity index (χ3v) is 5.27. The number of anilines is 2. The molecule has 33 heavy (non-hydrogen) atoms. The van der Waals surface area contributed by atoms with Crippen molar-refractivity contribution in [1.29, 1.82) is 0 Å².